The molecule has 4 aliphatic rings. The Bertz CT molecular complexity index is 787. The van der Waals surface area contributed by atoms with Crippen LogP contribution in [0.15, 0.2) is 30.3 Å². The highest BCUT2D eigenvalue weighted by Gasteiger charge is 2.60. The molecule has 1 aromatic rings. The van der Waals surface area contributed by atoms with E-state index in [4.69, 9.17) is 4.74 Å². The van der Waals surface area contributed by atoms with Gasteiger partial charge in [0.2, 0.25) is 0 Å². The van der Waals surface area contributed by atoms with Gasteiger partial charge in [-0.2, -0.15) is 0 Å². The molecule has 4 fully saturated rings. The first-order chi connectivity index (χ1) is 14.9. The number of ether oxygens (including phenoxy) is 1. The average Bonchev–Trinajstić information content (AvgIpc) is 3.12. The number of hydrogen-bond donors (Lipinski definition) is 0. The van der Waals surface area contributed by atoms with Crippen LogP contribution in [0.25, 0.3) is 0 Å². The summed E-state index contributed by atoms with van der Waals surface area (Å²) in [5, 5.41) is 0. The fourth-order valence-corrected chi connectivity index (χ4v) is 9.08. The quantitative estimate of drug-likeness (QED) is 0.507. The summed E-state index contributed by atoms with van der Waals surface area (Å²) in [6.07, 6.45) is 12.0. The van der Waals surface area contributed by atoms with E-state index in [1.807, 2.05) is 6.92 Å². The van der Waals surface area contributed by atoms with Gasteiger partial charge in [0, 0.05) is 12.5 Å². The van der Waals surface area contributed by atoms with Gasteiger partial charge in [0.15, 0.2) is 0 Å². The van der Waals surface area contributed by atoms with E-state index >= 15 is 0 Å². The summed E-state index contributed by atoms with van der Waals surface area (Å²) < 4.78 is 6.15. The van der Waals surface area contributed by atoms with Crippen LogP contribution < -0.4 is 0 Å². The Morgan fingerprint density at radius 3 is 2.45 bits per heavy atom. The van der Waals surface area contributed by atoms with Crippen LogP contribution in [0.4, 0.5) is 0 Å². The number of carbonyl (C=O) groups is 1. The predicted molar refractivity (Wildman–Crippen MR) is 125 cm³/mol. The number of Topliss-reactive ketones (excluding diaryl/α,β-unsaturated/α-hetero) is 1. The van der Waals surface area contributed by atoms with Gasteiger partial charge in [-0.3, -0.25) is 4.79 Å². The molecular formula is C29H42O2. The van der Waals surface area contributed by atoms with Gasteiger partial charge in [0.25, 0.3) is 0 Å². The molecule has 4 aliphatic carbocycles. The third kappa shape index (κ3) is 3.71. The summed E-state index contributed by atoms with van der Waals surface area (Å²) in [7, 11) is 0. The van der Waals surface area contributed by atoms with Crippen molar-refractivity contribution in [2.45, 2.75) is 85.2 Å². The summed E-state index contributed by atoms with van der Waals surface area (Å²) in [5.74, 6) is 4.96. The second-order valence-corrected chi connectivity index (χ2v) is 12.1. The van der Waals surface area contributed by atoms with E-state index in [2.05, 4.69) is 44.2 Å². The highest BCUT2D eigenvalue weighted by atomic mass is 16.5. The average molecular weight is 423 g/mol. The smallest absolute Gasteiger partial charge is 0.133 e. The molecule has 0 N–H and O–H groups in total. The van der Waals surface area contributed by atoms with Gasteiger partial charge >= 0.3 is 0 Å². The van der Waals surface area contributed by atoms with E-state index in [-0.39, 0.29) is 0 Å². The Hall–Kier alpha value is -1.15. The van der Waals surface area contributed by atoms with E-state index in [1.54, 1.807) is 0 Å². The molecule has 8 atom stereocenters. The SMILES string of the molecule is CC(=O)[C@H]1CCC2C3CC[C@H]4C[C@@H](COCc5ccccc5)CC[C@]4(C)C3CC[C@@]21C. The number of carbonyl (C=O) groups excluding carboxylic acids is 1. The standard InChI is InChI=1S/C29H42O2/c1-20(30)25-11-12-26-24-10-9-23-17-22(19-31-18-21-7-5-4-6-8-21)13-15-28(23,2)27(24)14-16-29(25,26)3/h4-8,22-27H,9-19H2,1-3H3/t22-,23-,24?,25+,26?,27?,28-,29+/m0/s1. The van der Waals surface area contributed by atoms with Crippen molar-refractivity contribution in [2.24, 2.45) is 46.3 Å². The minimum absolute atomic E-state index is 0.290. The Labute approximate surface area is 189 Å². The molecule has 0 radical (unpaired) electrons. The zero-order chi connectivity index (χ0) is 21.6. The largest absolute Gasteiger partial charge is 0.376 e. The van der Waals surface area contributed by atoms with Crippen LogP contribution in [0, 0.1) is 46.3 Å². The normalized spacial score (nSPS) is 44.2. The number of hydrogen-bond acceptors (Lipinski definition) is 2. The molecular weight excluding hydrogens is 380 g/mol. The molecule has 0 aromatic heterocycles. The first kappa shape index (κ1) is 21.7. The molecule has 0 heterocycles. The fraction of sp³-hybridized carbons (Fsp3) is 0.759. The number of rotatable bonds is 5. The van der Waals surface area contributed by atoms with Crippen molar-refractivity contribution in [3.05, 3.63) is 35.9 Å². The van der Waals surface area contributed by atoms with Crippen molar-refractivity contribution >= 4 is 5.78 Å². The maximum atomic E-state index is 12.4. The van der Waals surface area contributed by atoms with Crippen molar-refractivity contribution < 1.29 is 9.53 Å². The molecule has 0 saturated heterocycles. The Morgan fingerprint density at radius 2 is 1.68 bits per heavy atom. The number of fused-ring (bicyclic) bond motifs is 5. The van der Waals surface area contributed by atoms with Gasteiger partial charge in [-0.1, -0.05) is 44.2 Å². The summed E-state index contributed by atoms with van der Waals surface area (Å²) in [6, 6.07) is 10.6. The molecule has 170 valence electrons. The molecule has 1 aromatic carbocycles. The summed E-state index contributed by atoms with van der Waals surface area (Å²) >= 11 is 0. The Morgan fingerprint density at radius 1 is 0.935 bits per heavy atom. The second-order valence-electron chi connectivity index (χ2n) is 12.1. The summed E-state index contributed by atoms with van der Waals surface area (Å²) in [4.78, 5) is 12.4. The van der Waals surface area contributed by atoms with E-state index in [1.165, 1.54) is 56.9 Å². The summed E-state index contributed by atoms with van der Waals surface area (Å²) in [5.41, 5.74) is 2.10. The number of benzene rings is 1. The Balaban J connectivity index is 1.22. The molecule has 31 heavy (non-hydrogen) atoms. The van der Waals surface area contributed by atoms with Crippen molar-refractivity contribution in [1.82, 2.24) is 0 Å². The maximum Gasteiger partial charge on any atom is 0.133 e. The molecule has 0 bridgehead atoms. The van der Waals surface area contributed by atoms with Crippen LogP contribution in [-0.4, -0.2) is 12.4 Å². The Kier molecular flexibility index (Phi) is 5.82. The van der Waals surface area contributed by atoms with Crippen molar-refractivity contribution in [3.8, 4) is 0 Å². The minimum atomic E-state index is 0.290. The van der Waals surface area contributed by atoms with E-state index < -0.39 is 0 Å². The topological polar surface area (TPSA) is 26.3 Å². The van der Waals surface area contributed by atoms with Gasteiger partial charge in [-0.25, -0.2) is 0 Å². The van der Waals surface area contributed by atoms with Crippen LogP contribution in [0.5, 0.6) is 0 Å². The van der Waals surface area contributed by atoms with Crippen molar-refractivity contribution in [1.29, 1.82) is 0 Å². The lowest BCUT2D eigenvalue weighted by molar-refractivity contribution is -0.136. The van der Waals surface area contributed by atoms with E-state index in [0.29, 0.717) is 22.5 Å². The van der Waals surface area contributed by atoms with Crippen molar-refractivity contribution in [3.63, 3.8) is 0 Å². The zero-order valence-electron chi connectivity index (χ0n) is 19.9. The second kappa shape index (κ2) is 8.32. The first-order valence-corrected chi connectivity index (χ1v) is 13.0. The molecule has 4 saturated carbocycles. The fourth-order valence-electron chi connectivity index (χ4n) is 9.08. The third-order valence-corrected chi connectivity index (χ3v) is 10.7. The van der Waals surface area contributed by atoms with Crippen LogP contribution in [0.1, 0.15) is 84.1 Å². The van der Waals surface area contributed by atoms with Gasteiger partial charge in [0.05, 0.1) is 6.61 Å². The van der Waals surface area contributed by atoms with Crippen LogP contribution >= 0.6 is 0 Å². The van der Waals surface area contributed by atoms with E-state index in [9.17, 15) is 4.79 Å². The molecule has 2 nitrogen and oxygen atoms in total. The van der Waals surface area contributed by atoms with Gasteiger partial charge in [-0.15, -0.1) is 0 Å². The molecule has 2 heteroatoms. The lowest BCUT2D eigenvalue weighted by Gasteiger charge is -2.61. The minimum Gasteiger partial charge on any atom is -0.376 e. The predicted octanol–water partition coefficient (Wildman–Crippen LogP) is 7.07. The first-order valence-electron chi connectivity index (χ1n) is 13.0. The van der Waals surface area contributed by atoms with Crippen molar-refractivity contribution in [2.75, 3.05) is 6.61 Å². The highest BCUT2D eigenvalue weighted by molar-refractivity contribution is 5.79. The maximum absolute atomic E-state index is 12.4. The van der Waals surface area contributed by atoms with Crippen LogP contribution in [-0.2, 0) is 16.1 Å². The lowest BCUT2D eigenvalue weighted by atomic mass is 9.44. The highest BCUT2D eigenvalue weighted by Crippen LogP contribution is 2.67. The molecule has 0 spiro atoms. The van der Waals surface area contributed by atoms with Gasteiger partial charge in [-0.05, 0) is 111 Å². The van der Waals surface area contributed by atoms with Crippen LogP contribution in [0.2, 0.25) is 0 Å². The van der Waals surface area contributed by atoms with Gasteiger partial charge < -0.3 is 4.74 Å². The van der Waals surface area contributed by atoms with Gasteiger partial charge in [0.1, 0.15) is 5.78 Å². The molecule has 5 rings (SSSR count). The van der Waals surface area contributed by atoms with E-state index in [0.717, 1.165) is 49.2 Å². The van der Waals surface area contributed by atoms with Crippen LogP contribution in [0.3, 0.4) is 0 Å². The monoisotopic (exact) mass is 422 g/mol. The molecule has 0 amide bonds. The molecule has 0 aliphatic heterocycles. The zero-order valence-corrected chi connectivity index (χ0v) is 19.9. The molecule has 3 unspecified atom stereocenters. The third-order valence-electron chi connectivity index (χ3n) is 10.7. The lowest BCUT2D eigenvalue weighted by Crippen LogP contribution is -2.54. The summed E-state index contributed by atoms with van der Waals surface area (Å²) in [6.45, 7) is 8.65. The number of ketones is 1.